The molecule has 0 saturated carbocycles. The van der Waals surface area contributed by atoms with Crippen LogP contribution in [0.15, 0.2) is 30.3 Å². The van der Waals surface area contributed by atoms with Gasteiger partial charge in [0, 0.05) is 0 Å². The van der Waals surface area contributed by atoms with Gasteiger partial charge in [0.25, 0.3) is 0 Å². The molecular formula is C27H40N2O12. The van der Waals surface area contributed by atoms with Crippen molar-refractivity contribution in [2.45, 2.75) is 84.3 Å². The standard InChI is InChI=1S/C17H23NO6.C10H17NO6/c1-17(2,3)24-16(21)18-13(10-14(19)22-4)15(20)23-11-12-8-6-5-7-9-12;1-10(2,3)17-9(15)11-6(8(13)14)5-7(12)16-4/h5-9,13H,10-11H2,1-4H3,(H,18,21);6H,5H2,1-4H3,(H,11,15)(H,13,14)/t13-;6-/m00/s1. The van der Waals surface area contributed by atoms with Crippen molar-refractivity contribution in [3.8, 4) is 0 Å². The molecule has 14 heteroatoms. The van der Waals surface area contributed by atoms with Crippen molar-refractivity contribution in [2.24, 2.45) is 0 Å². The molecule has 0 heterocycles. The van der Waals surface area contributed by atoms with Gasteiger partial charge in [0.2, 0.25) is 0 Å². The van der Waals surface area contributed by atoms with Crippen LogP contribution in [0.3, 0.4) is 0 Å². The topological polar surface area (TPSA) is 193 Å². The van der Waals surface area contributed by atoms with Gasteiger partial charge in [-0.15, -0.1) is 0 Å². The lowest BCUT2D eigenvalue weighted by Crippen LogP contribution is -2.45. The van der Waals surface area contributed by atoms with Gasteiger partial charge < -0.3 is 39.4 Å². The highest BCUT2D eigenvalue weighted by atomic mass is 16.6. The highest BCUT2D eigenvalue weighted by Gasteiger charge is 2.29. The largest absolute Gasteiger partial charge is 0.480 e. The number of alkyl carbamates (subject to hydrolysis) is 2. The van der Waals surface area contributed by atoms with E-state index < -0.39 is 65.8 Å². The van der Waals surface area contributed by atoms with Crippen LogP contribution >= 0.6 is 0 Å². The maximum Gasteiger partial charge on any atom is 0.408 e. The molecule has 2 atom stereocenters. The highest BCUT2D eigenvalue weighted by Crippen LogP contribution is 2.10. The lowest BCUT2D eigenvalue weighted by Gasteiger charge is -2.22. The van der Waals surface area contributed by atoms with Crippen LogP contribution in [-0.4, -0.2) is 78.7 Å². The number of carbonyl (C=O) groups is 6. The molecule has 0 unspecified atom stereocenters. The number of carboxylic acid groups (broad SMARTS) is 1. The van der Waals surface area contributed by atoms with Gasteiger partial charge in [-0.05, 0) is 47.1 Å². The van der Waals surface area contributed by atoms with Crippen molar-refractivity contribution in [1.82, 2.24) is 10.6 Å². The summed E-state index contributed by atoms with van der Waals surface area (Å²) in [4.78, 5) is 68.4. The first kappa shape index (κ1) is 36.6. The summed E-state index contributed by atoms with van der Waals surface area (Å²) in [5.41, 5.74) is -0.674. The summed E-state index contributed by atoms with van der Waals surface area (Å²) in [7, 11) is 2.33. The van der Waals surface area contributed by atoms with Crippen LogP contribution in [-0.2, 0) is 49.5 Å². The Morgan fingerprint density at radius 1 is 0.732 bits per heavy atom. The van der Waals surface area contributed by atoms with E-state index in [1.165, 1.54) is 7.11 Å². The molecule has 3 N–H and O–H groups in total. The Bertz CT molecular complexity index is 1030. The van der Waals surface area contributed by atoms with Crippen molar-refractivity contribution in [3.05, 3.63) is 35.9 Å². The van der Waals surface area contributed by atoms with Gasteiger partial charge in [-0.2, -0.15) is 0 Å². The molecule has 0 saturated heterocycles. The van der Waals surface area contributed by atoms with E-state index in [2.05, 4.69) is 20.1 Å². The molecular weight excluding hydrogens is 544 g/mol. The molecule has 1 aromatic carbocycles. The summed E-state index contributed by atoms with van der Waals surface area (Å²) >= 11 is 0. The van der Waals surface area contributed by atoms with Crippen LogP contribution < -0.4 is 10.6 Å². The molecule has 0 bridgehead atoms. The second-order valence-corrected chi connectivity index (χ2v) is 10.4. The molecule has 0 spiro atoms. The lowest BCUT2D eigenvalue weighted by atomic mass is 10.2. The third-order valence-corrected chi connectivity index (χ3v) is 4.39. The fourth-order valence-electron chi connectivity index (χ4n) is 2.62. The number of hydrogen-bond acceptors (Lipinski definition) is 11. The summed E-state index contributed by atoms with van der Waals surface area (Å²) in [6.07, 6.45) is -2.50. The number of carboxylic acids is 1. The molecule has 0 fully saturated rings. The predicted octanol–water partition coefficient (Wildman–Crippen LogP) is 2.71. The van der Waals surface area contributed by atoms with E-state index in [0.29, 0.717) is 0 Å². The number of ether oxygens (including phenoxy) is 5. The Morgan fingerprint density at radius 3 is 1.54 bits per heavy atom. The molecule has 14 nitrogen and oxygen atoms in total. The summed E-state index contributed by atoms with van der Waals surface area (Å²) in [5.74, 6) is -3.45. The molecule has 0 aliphatic rings. The zero-order valence-corrected chi connectivity index (χ0v) is 24.6. The van der Waals surface area contributed by atoms with Crippen LogP contribution in [0.4, 0.5) is 9.59 Å². The van der Waals surface area contributed by atoms with E-state index in [0.717, 1.165) is 12.7 Å². The molecule has 230 valence electrons. The van der Waals surface area contributed by atoms with Gasteiger partial charge in [-0.25, -0.2) is 19.2 Å². The smallest absolute Gasteiger partial charge is 0.408 e. The van der Waals surface area contributed by atoms with Gasteiger partial charge in [0.15, 0.2) is 0 Å². The minimum atomic E-state index is -1.36. The first-order chi connectivity index (χ1) is 18.9. The van der Waals surface area contributed by atoms with Gasteiger partial charge in [-0.3, -0.25) is 9.59 Å². The van der Waals surface area contributed by atoms with Crippen LogP contribution in [0.2, 0.25) is 0 Å². The minimum absolute atomic E-state index is 0.0351. The van der Waals surface area contributed by atoms with Gasteiger partial charge in [0.05, 0.1) is 27.1 Å². The van der Waals surface area contributed by atoms with Gasteiger partial charge in [-0.1, -0.05) is 30.3 Å². The Labute approximate surface area is 239 Å². The van der Waals surface area contributed by atoms with Crippen molar-refractivity contribution < 1.29 is 57.6 Å². The number of hydrogen-bond donors (Lipinski definition) is 3. The van der Waals surface area contributed by atoms with E-state index in [4.69, 9.17) is 19.3 Å². The summed E-state index contributed by atoms with van der Waals surface area (Å²) in [6, 6.07) is 6.51. The molecule has 2 amide bonds. The number of nitrogens with one attached hydrogen (secondary N) is 2. The number of carbonyl (C=O) groups excluding carboxylic acids is 5. The monoisotopic (exact) mass is 584 g/mol. The van der Waals surface area contributed by atoms with E-state index >= 15 is 0 Å². The number of benzene rings is 1. The number of esters is 3. The minimum Gasteiger partial charge on any atom is -0.480 e. The third kappa shape index (κ3) is 18.5. The Kier molecular flexibility index (Phi) is 15.5. The quantitative estimate of drug-likeness (QED) is 0.269. The highest BCUT2D eigenvalue weighted by molar-refractivity contribution is 5.86. The molecule has 0 aliphatic carbocycles. The van der Waals surface area contributed by atoms with Crippen molar-refractivity contribution in [1.29, 1.82) is 0 Å². The normalized spacial score (nSPS) is 12.2. The fraction of sp³-hybridized carbons (Fsp3) is 0.556. The van der Waals surface area contributed by atoms with Crippen molar-refractivity contribution in [2.75, 3.05) is 14.2 Å². The molecule has 0 aliphatic heterocycles. The zero-order valence-electron chi connectivity index (χ0n) is 24.6. The summed E-state index contributed by atoms with van der Waals surface area (Å²) in [6.45, 7) is 10.0. The van der Waals surface area contributed by atoms with E-state index in [9.17, 15) is 28.8 Å². The number of rotatable bonds is 10. The lowest BCUT2D eigenvalue weighted by molar-refractivity contribution is -0.152. The molecule has 1 rings (SSSR count). The second-order valence-electron chi connectivity index (χ2n) is 10.4. The molecule has 41 heavy (non-hydrogen) atoms. The predicted molar refractivity (Wildman–Crippen MR) is 143 cm³/mol. The summed E-state index contributed by atoms with van der Waals surface area (Å²) < 4.78 is 24.0. The van der Waals surface area contributed by atoms with E-state index in [1.807, 2.05) is 18.2 Å². The average Bonchev–Trinajstić information content (AvgIpc) is 2.84. The maximum atomic E-state index is 12.2. The third-order valence-electron chi connectivity index (χ3n) is 4.39. The SMILES string of the molecule is COC(=O)C[C@H](NC(=O)OC(C)(C)C)C(=O)O.COC(=O)C[C@H](NC(=O)OC(C)(C)C)C(=O)OCc1ccccc1. The molecule has 0 aromatic heterocycles. The average molecular weight is 585 g/mol. The van der Waals surface area contributed by atoms with Crippen LogP contribution in [0.5, 0.6) is 0 Å². The van der Waals surface area contributed by atoms with Crippen LogP contribution in [0.1, 0.15) is 59.9 Å². The van der Waals surface area contributed by atoms with Crippen LogP contribution in [0, 0.1) is 0 Å². The molecule has 0 radical (unpaired) electrons. The van der Waals surface area contributed by atoms with Gasteiger partial charge in [0.1, 0.15) is 29.9 Å². The first-order valence-electron chi connectivity index (χ1n) is 12.4. The zero-order chi connectivity index (χ0) is 31.8. The Balaban J connectivity index is 0.000000831. The summed E-state index contributed by atoms with van der Waals surface area (Å²) in [5, 5.41) is 13.2. The van der Waals surface area contributed by atoms with Crippen LogP contribution in [0.25, 0.3) is 0 Å². The maximum absolute atomic E-state index is 12.2. The van der Waals surface area contributed by atoms with Gasteiger partial charge >= 0.3 is 36.1 Å². The Morgan fingerprint density at radius 2 is 1.15 bits per heavy atom. The Hall–Kier alpha value is -4.36. The molecule has 1 aromatic rings. The van der Waals surface area contributed by atoms with E-state index in [1.54, 1.807) is 53.7 Å². The number of amides is 2. The first-order valence-corrected chi connectivity index (χ1v) is 12.4. The number of aliphatic carboxylic acids is 1. The van der Waals surface area contributed by atoms with Crippen molar-refractivity contribution in [3.63, 3.8) is 0 Å². The van der Waals surface area contributed by atoms with E-state index in [-0.39, 0.29) is 13.0 Å². The van der Waals surface area contributed by atoms with Crippen molar-refractivity contribution >= 4 is 36.1 Å². The fourth-order valence-corrected chi connectivity index (χ4v) is 2.62. The second kappa shape index (κ2) is 17.4. The number of methoxy groups -OCH3 is 2.